The summed E-state index contributed by atoms with van der Waals surface area (Å²) in [6.45, 7) is 6.71. The van der Waals surface area contributed by atoms with Gasteiger partial charge in [0.2, 0.25) is 0 Å². The van der Waals surface area contributed by atoms with Crippen molar-refractivity contribution >= 4 is 43.8 Å². The van der Waals surface area contributed by atoms with Crippen molar-refractivity contribution in [1.82, 2.24) is 0 Å². The number of ether oxygens (including phenoxy) is 1. The third-order valence-corrected chi connectivity index (χ3v) is 5.92. The van der Waals surface area contributed by atoms with Crippen LogP contribution in [0.3, 0.4) is 0 Å². The number of halogens is 2. The largest absolute Gasteiger partial charge is 0.504 e. The van der Waals surface area contributed by atoms with E-state index in [1.807, 2.05) is 25.1 Å². The van der Waals surface area contributed by atoms with Crippen molar-refractivity contribution in [2.45, 2.75) is 33.1 Å². The normalized spacial score (nSPS) is 12.5. The second-order valence-corrected chi connectivity index (χ2v) is 7.14. The number of aliphatic imine (C=N–C) groups is 1. The average Bonchev–Trinajstić information content (AvgIpc) is 2.59. The molecule has 0 amide bonds. The molecule has 2 rings (SSSR count). The van der Waals surface area contributed by atoms with Gasteiger partial charge in [0.15, 0.2) is 11.5 Å². The first-order valence-electron chi connectivity index (χ1n) is 7.96. The first-order valence-corrected chi connectivity index (χ1v) is 9.54. The maximum absolute atomic E-state index is 10.5. The minimum atomic E-state index is 0.0803. The van der Waals surface area contributed by atoms with Crippen LogP contribution in [0.25, 0.3) is 0 Å². The van der Waals surface area contributed by atoms with E-state index in [1.165, 1.54) is 5.56 Å². The van der Waals surface area contributed by atoms with E-state index in [0.717, 1.165) is 21.1 Å². The highest BCUT2D eigenvalue weighted by Gasteiger charge is 2.15. The van der Waals surface area contributed by atoms with Crippen LogP contribution in [0.15, 0.2) is 44.3 Å². The van der Waals surface area contributed by atoms with Crippen molar-refractivity contribution in [1.29, 1.82) is 0 Å². The highest BCUT2D eigenvalue weighted by molar-refractivity contribution is 9.13. The van der Waals surface area contributed by atoms with E-state index in [-0.39, 0.29) is 5.75 Å². The molecule has 0 heterocycles. The van der Waals surface area contributed by atoms with Crippen LogP contribution in [0, 0.1) is 0 Å². The average molecular weight is 455 g/mol. The van der Waals surface area contributed by atoms with Gasteiger partial charge in [0.25, 0.3) is 0 Å². The zero-order chi connectivity index (χ0) is 17.7. The fourth-order valence-corrected chi connectivity index (χ4v) is 3.20. The van der Waals surface area contributed by atoms with Gasteiger partial charge in [0.05, 0.1) is 17.9 Å². The lowest BCUT2D eigenvalue weighted by atomic mass is 9.97. The Hall–Kier alpha value is -1.33. The number of aromatic hydroxyl groups is 1. The summed E-state index contributed by atoms with van der Waals surface area (Å²) in [4.78, 5) is 4.62. The van der Waals surface area contributed by atoms with Crippen LogP contribution >= 0.6 is 31.9 Å². The Morgan fingerprint density at radius 1 is 1.25 bits per heavy atom. The lowest BCUT2D eigenvalue weighted by molar-refractivity contribution is 0.317. The third-order valence-electron chi connectivity index (χ3n) is 3.91. The quantitative estimate of drug-likeness (QED) is 0.500. The fraction of sp³-hybridized carbons (Fsp3) is 0.316. The SMILES string of the molecule is CCOc1cc(Br)c(Br)c(C=Nc2ccccc2C(C)CC)c1O. The van der Waals surface area contributed by atoms with E-state index in [9.17, 15) is 5.11 Å². The fourth-order valence-electron chi connectivity index (χ4n) is 2.37. The van der Waals surface area contributed by atoms with Crippen molar-refractivity contribution in [3.63, 3.8) is 0 Å². The Morgan fingerprint density at radius 2 is 1.96 bits per heavy atom. The predicted molar refractivity (Wildman–Crippen MR) is 107 cm³/mol. The minimum absolute atomic E-state index is 0.0803. The number of hydrogen-bond acceptors (Lipinski definition) is 3. The maximum Gasteiger partial charge on any atom is 0.167 e. The molecule has 0 bridgehead atoms. The van der Waals surface area contributed by atoms with Crippen molar-refractivity contribution in [2.24, 2.45) is 4.99 Å². The summed E-state index contributed by atoms with van der Waals surface area (Å²) >= 11 is 6.97. The van der Waals surface area contributed by atoms with Crippen molar-refractivity contribution in [2.75, 3.05) is 6.61 Å². The molecule has 1 unspecified atom stereocenters. The van der Waals surface area contributed by atoms with Gasteiger partial charge in [-0.25, -0.2) is 0 Å². The first-order chi connectivity index (χ1) is 11.5. The van der Waals surface area contributed by atoms with E-state index in [2.05, 4.69) is 56.8 Å². The van der Waals surface area contributed by atoms with E-state index in [1.54, 1.807) is 12.3 Å². The molecule has 128 valence electrons. The van der Waals surface area contributed by atoms with Crippen molar-refractivity contribution in [3.05, 3.63) is 50.4 Å². The Labute approximate surface area is 160 Å². The summed E-state index contributed by atoms with van der Waals surface area (Å²) in [6, 6.07) is 9.83. The lowest BCUT2D eigenvalue weighted by Crippen LogP contribution is -1.96. The maximum atomic E-state index is 10.5. The van der Waals surface area contributed by atoms with Gasteiger partial charge < -0.3 is 9.84 Å². The van der Waals surface area contributed by atoms with Crippen LogP contribution in [0.2, 0.25) is 0 Å². The van der Waals surface area contributed by atoms with E-state index in [4.69, 9.17) is 4.74 Å². The van der Waals surface area contributed by atoms with Gasteiger partial charge in [-0.15, -0.1) is 0 Å². The summed E-state index contributed by atoms with van der Waals surface area (Å²) in [6.07, 6.45) is 2.72. The molecular weight excluding hydrogens is 434 g/mol. The zero-order valence-electron chi connectivity index (χ0n) is 14.0. The van der Waals surface area contributed by atoms with Crippen LogP contribution in [-0.4, -0.2) is 17.9 Å². The van der Waals surface area contributed by atoms with E-state index >= 15 is 0 Å². The first kappa shape index (κ1) is 19.0. The molecule has 2 aromatic rings. The molecule has 0 aliphatic carbocycles. The Balaban J connectivity index is 2.47. The highest BCUT2D eigenvalue weighted by atomic mass is 79.9. The lowest BCUT2D eigenvalue weighted by Gasteiger charge is -2.13. The third kappa shape index (κ3) is 4.19. The minimum Gasteiger partial charge on any atom is -0.504 e. The Bertz CT molecular complexity index is 744. The molecule has 2 aromatic carbocycles. The molecule has 0 aromatic heterocycles. The predicted octanol–water partition coefficient (Wildman–Crippen LogP) is 6.58. The van der Waals surface area contributed by atoms with Crippen LogP contribution in [0.4, 0.5) is 5.69 Å². The van der Waals surface area contributed by atoms with Gasteiger partial charge in [0.1, 0.15) is 0 Å². The smallest absolute Gasteiger partial charge is 0.167 e. The molecule has 0 saturated heterocycles. The molecule has 0 spiro atoms. The number of rotatable bonds is 6. The van der Waals surface area contributed by atoms with Crippen LogP contribution in [0.1, 0.15) is 44.2 Å². The van der Waals surface area contributed by atoms with Crippen LogP contribution in [-0.2, 0) is 0 Å². The molecule has 1 atom stereocenters. The molecular formula is C19H21Br2NO2. The van der Waals surface area contributed by atoms with Gasteiger partial charge in [-0.3, -0.25) is 4.99 Å². The topological polar surface area (TPSA) is 41.8 Å². The molecule has 0 saturated carbocycles. The van der Waals surface area contributed by atoms with Crippen LogP contribution in [0.5, 0.6) is 11.5 Å². The standard InChI is InChI=1S/C19H21Br2NO2/c1-4-12(3)13-8-6-7-9-16(13)22-11-14-18(21)15(20)10-17(19(14)23)24-5-2/h6-12,23H,4-5H2,1-3H3. The summed E-state index contributed by atoms with van der Waals surface area (Å²) in [7, 11) is 0. The summed E-state index contributed by atoms with van der Waals surface area (Å²) < 4.78 is 7.03. The number of benzene rings is 2. The number of phenolic OH excluding ortho intramolecular Hbond substituents is 1. The second kappa shape index (κ2) is 8.67. The van der Waals surface area contributed by atoms with Crippen molar-refractivity contribution < 1.29 is 9.84 Å². The van der Waals surface area contributed by atoms with Gasteiger partial charge in [-0.2, -0.15) is 0 Å². The molecule has 0 aliphatic heterocycles. The molecule has 1 N–H and O–H groups in total. The summed E-state index contributed by atoms with van der Waals surface area (Å²) in [5, 5.41) is 10.5. The Morgan fingerprint density at radius 3 is 2.62 bits per heavy atom. The molecule has 0 aliphatic rings. The van der Waals surface area contributed by atoms with Crippen LogP contribution < -0.4 is 4.74 Å². The van der Waals surface area contributed by atoms with E-state index in [0.29, 0.717) is 23.8 Å². The molecule has 3 nitrogen and oxygen atoms in total. The van der Waals surface area contributed by atoms with E-state index < -0.39 is 0 Å². The molecule has 24 heavy (non-hydrogen) atoms. The molecule has 5 heteroatoms. The number of hydrogen-bond donors (Lipinski definition) is 1. The highest BCUT2D eigenvalue weighted by Crippen LogP contribution is 2.40. The van der Waals surface area contributed by atoms with Crippen molar-refractivity contribution in [3.8, 4) is 11.5 Å². The van der Waals surface area contributed by atoms with Gasteiger partial charge in [0, 0.05) is 15.2 Å². The number of phenols is 1. The number of nitrogens with zero attached hydrogens (tertiary/aromatic N) is 1. The molecule has 0 radical (unpaired) electrons. The summed E-state index contributed by atoms with van der Waals surface area (Å²) in [5.74, 6) is 0.942. The summed E-state index contributed by atoms with van der Waals surface area (Å²) in [5.41, 5.74) is 2.70. The van der Waals surface area contributed by atoms with Gasteiger partial charge >= 0.3 is 0 Å². The molecule has 0 fully saturated rings. The Kier molecular flexibility index (Phi) is 6.87. The van der Waals surface area contributed by atoms with Gasteiger partial charge in [-0.1, -0.05) is 32.0 Å². The zero-order valence-corrected chi connectivity index (χ0v) is 17.2. The second-order valence-electron chi connectivity index (χ2n) is 5.49. The monoisotopic (exact) mass is 453 g/mol. The van der Waals surface area contributed by atoms with Gasteiger partial charge in [-0.05, 0) is 68.8 Å². The number of para-hydroxylation sites is 1.